The van der Waals surface area contributed by atoms with Crippen LogP contribution in [0.15, 0.2) is 6.20 Å². The zero-order valence-corrected chi connectivity index (χ0v) is 10.5. The Morgan fingerprint density at radius 3 is 2.47 bits per heavy atom. The minimum Gasteiger partial charge on any atom is -0.380 e. The van der Waals surface area contributed by atoms with Gasteiger partial charge in [0.15, 0.2) is 0 Å². The molecule has 1 aromatic heterocycles. The fourth-order valence-electron chi connectivity index (χ4n) is 1.67. The van der Waals surface area contributed by atoms with Crippen molar-refractivity contribution in [1.82, 2.24) is 4.57 Å². The quantitative estimate of drug-likeness (QED) is 0.656. The van der Waals surface area contributed by atoms with Gasteiger partial charge >= 0.3 is 0 Å². The third-order valence-corrected chi connectivity index (χ3v) is 3.03. The second-order valence-corrected chi connectivity index (χ2v) is 4.18. The summed E-state index contributed by atoms with van der Waals surface area (Å²) < 4.78 is 7.85. The Morgan fingerprint density at radius 2 is 1.93 bits per heavy atom. The standard InChI is InChI=1S/C13H23NO/c1-5-6-8-15-9-7-14-10-11(2)12(3)13(14)4/h10H,5-9H2,1-4H3. The molecule has 0 atom stereocenters. The SMILES string of the molecule is CCCCOCCn1cc(C)c(C)c1C. The molecule has 0 aromatic carbocycles. The number of aromatic nitrogens is 1. The van der Waals surface area contributed by atoms with E-state index in [1.54, 1.807) is 0 Å². The van der Waals surface area contributed by atoms with Gasteiger partial charge in [-0.05, 0) is 38.3 Å². The van der Waals surface area contributed by atoms with Crippen molar-refractivity contribution in [2.75, 3.05) is 13.2 Å². The van der Waals surface area contributed by atoms with E-state index < -0.39 is 0 Å². The molecule has 0 amide bonds. The van der Waals surface area contributed by atoms with Crippen LogP contribution in [0.5, 0.6) is 0 Å². The Hall–Kier alpha value is -0.760. The molecule has 2 heteroatoms. The highest BCUT2D eigenvalue weighted by Gasteiger charge is 2.04. The Balaban J connectivity index is 2.34. The molecule has 0 N–H and O–H groups in total. The molecule has 0 bridgehead atoms. The van der Waals surface area contributed by atoms with Crippen molar-refractivity contribution < 1.29 is 4.74 Å². The average Bonchev–Trinajstić information content (AvgIpc) is 2.46. The fourth-order valence-corrected chi connectivity index (χ4v) is 1.67. The van der Waals surface area contributed by atoms with Crippen LogP contribution < -0.4 is 0 Å². The summed E-state index contributed by atoms with van der Waals surface area (Å²) in [4.78, 5) is 0. The number of rotatable bonds is 6. The predicted octanol–water partition coefficient (Wildman–Crippen LogP) is 3.23. The highest BCUT2D eigenvalue weighted by Crippen LogP contribution is 2.14. The van der Waals surface area contributed by atoms with Crippen LogP contribution in [-0.2, 0) is 11.3 Å². The molecule has 0 aliphatic carbocycles. The van der Waals surface area contributed by atoms with Crippen molar-refractivity contribution in [3.63, 3.8) is 0 Å². The maximum absolute atomic E-state index is 5.56. The Kier molecular flexibility index (Phi) is 4.89. The summed E-state index contributed by atoms with van der Waals surface area (Å²) >= 11 is 0. The zero-order valence-electron chi connectivity index (χ0n) is 10.5. The second kappa shape index (κ2) is 5.96. The molecule has 0 unspecified atom stereocenters. The van der Waals surface area contributed by atoms with E-state index in [1.807, 2.05) is 0 Å². The van der Waals surface area contributed by atoms with Crippen LogP contribution in [0.4, 0.5) is 0 Å². The van der Waals surface area contributed by atoms with Gasteiger partial charge in [0.25, 0.3) is 0 Å². The Labute approximate surface area is 93.2 Å². The first-order chi connectivity index (χ1) is 7.16. The van der Waals surface area contributed by atoms with E-state index in [2.05, 4.69) is 38.5 Å². The highest BCUT2D eigenvalue weighted by molar-refractivity contribution is 5.28. The second-order valence-electron chi connectivity index (χ2n) is 4.18. The largest absolute Gasteiger partial charge is 0.380 e. The van der Waals surface area contributed by atoms with Crippen molar-refractivity contribution in [3.8, 4) is 0 Å². The van der Waals surface area contributed by atoms with Gasteiger partial charge < -0.3 is 9.30 Å². The smallest absolute Gasteiger partial charge is 0.0645 e. The fraction of sp³-hybridized carbons (Fsp3) is 0.692. The van der Waals surface area contributed by atoms with Crippen LogP contribution in [-0.4, -0.2) is 17.8 Å². The molecular formula is C13H23NO. The normalized spacial score (nSPS) is 10.9. The Morgan fingerprint density at radius 1 is 1.20 bits per heavy atom. The van der Waals surface area contributed by atoms with Crippen molar-refractivity contribution in [2.24, 2.45) is 0 Å². The van der Waals surface area contributed by atoms with E-state index in [9.17, 15) is 0 Å². The van der Waals surface area contributed by atoms with E-state index in [0.717, 1.165) is 19.8 Å². The molecule has 0 saturated heterocycles. The molecule has 86 valence electrons. The topological polar surface area (TPSA) is 14.2 Å². The summed E-state index contributed by atoms with van der Waals surface area (Å²) in [6.07, 6.45) is 4.59. The minimum atomic E-state index is 0.828. The van der Waals surface area contributed by atoms with E-state index in [-0.39, 0.29) is 0 Å². The molecule has 0 aliphatic heterocycles. The third kappa shape index (κ3) is 3.38. The summed E-state index contributed by atoms with van der Waals surface area (Å²) in [5.41, 5.74) is 4.15. The van der Waals surface area contributed by atoms with Gasteiger partial charge in [-0.25, -0.2) is 0 Å². The molecule has 0 radical (unpaired) electrons. The molecule has 0 aliphatic rings. The average molecular weight is 209 g/mol. The molecule has 15 heavy (non-hydrogen) atoms. The summed E-state index contributed by atoms with van der Waals surface area (Å²) in [6, 6.07) is 0. The van der Waals surface area contributed by atoms with Gasteiger partial charge in [-0.15, -0.1) is 0 Å². The highest BCUT2D eigenvalue weighted by atomic mass is 16.5. The van der Waals surface area contributed by atoms with E-state index in [1.165, 1.54) is 29.7 Å². The lowest BCUT2D eigenvalue weighted by molar-refractivity contribution is 0.123. The van der Waals surface area contributed by atoms with E-state index >= 15 is 0 Å². The molecule has 0 spiro atoms. The van der Waals surface area contributed by atoms with Gasteiger partial charge in [-0.3, -0.25) is 0 Å². The van der Waals surface area contributed by atoms with E-state index in [4.69, 9.17) is 4.74 Å². The van der Waals surface area contributed by atoms with Crippen LogP contribution in [0, 0.1) is 20.8 Å². The van der Waals surface area contributed by atoms with Crippen LogP contribution >= 0.6 is 0 Å². The zero-order chi connectivity index (χ0) is 11.3. The summed E-state index contributed by atoms with van der Waals surface area (Å²) in [6.45, 7) is 11.4. The minimum absolute atomic E-state index is 0.828. The molecular weight excluding hydrogens is 186 g/mol. The van der Waals surface area contributed by atoms with Crippen molar-refractivity contribution >= 4 is 0 Å². The van der Waals surface area contributed by atoms with Gasteiger partial charge in [-0.2, -0.15) is 0 Å². The van der Waals surface area contributed by atoms with Gasteiger partial charge in [-0.1, -0.05) is 13.3 Å². The molecule has 0 fully saturated rings. The lowest BCUT2D eigenvalue weighted by Gasteiger charge is -2.07. The number of hydrogen-bond donors (Lipinski definition) is 0. The van der Waals surface area contributed by atoms with Crippen LogP contribution in [0.25, 0.3) is 0 Å². The van der Waals surface area contributed by atoms with Crippen LogP contribution in [0.1, 0.15) is 36.6 Å². The first-order valence-corrected chi connectivity index (χ1v) is 5.87. The number of unbranched alkanes of at least 4 members (excludes halogenated alkanes) is 1. The van der Waals surface area contributed by atoms with Gasteiger partial charge in [0.05, 0.1) is 6.61 Å². The molecule has 1 rings (SSSR count). The summed E-state index contributed by atoms with van der Waals surface area (Å²) in [5, 5.41) is 0. The van der Waals surface area contributed by atoms with Crippen molar-refractivity contribution in [2.45, 2.75) is 47.1 Å². The summed E-state index contributed by atoms with van der Waals surface area (Å²) in [7, 11) is 0. The number of hydrogen-bond acceptors (Lipinski definition) is 1. The third-order valence-electron chi connectivity index (χ3n) is 3.03. The van der Waals surface area contributed by atoms with Gasteiger partial charge in [0.1, 0.15) is 0 Å². The number of ether oxygens (including phenoxy) is 1. The van der Waals surface area contributed by atoms with Crippen molar-refractivity contribution in [1.29, 1.82) is 0 Å². The maximum Gasteiger partial charge on any atom is 0.0645 e. The number of aryl methyl sites for hydroxylation is 1. The van der Waals surface area contributed by atoms with Crippen molar-refractivity contribution in [3.05, 3.63) is 23.0 Å². The lowest BCUT2D eigenvalue weighted by atomic mass is 10.2. The summed E-state index contributed by atoms with van der Waals surface area (Å²) in [5.74, 6) is 0. The van der Waals surface area contributed by atoms with Crippen LogP contribution in [0.2, 0.25) is 0 Å². The Bertz CT molecular complexity index is 302. The predicted molar refractivity (Wildman–Crippen MR) is 64.4 cm³/mol. The lowest BCUT2D eigenvalue weighted by Crippen LogP contribution is -2.07. The van der Waals surface area contributed by atoms with Gasteiger partial charge in [0.2, 0.25) is 0 Å². The molecule has 0 saturated carbocycles. The molecule has 1 heterocycles. The monoisotopic (exact) mass is 209 g/mol. The molecule has 2 nitrogen and oxygen atoms in total. The van der Waals surface area contributed by atoms with Crippen LogP contribution in [0.3, 0.4) is 0 Å². The first kappa shape index (κ1) is 12.3. The maximum atomic E-state index is 5.56. The number of nitrogens with zero attached hydrogens (tertiary/aromatic N) is 1. The first-order valence-electron chi connectivity index (χ1n) is 5.87. The van der Waals surface area contributed by atoms with Gasteiger partial charge in [0, 0.05) is 25.0 Å². The van der Waals surface area contributed by atoms with E-state index in [0.29, 0.717) is 0 Å². The molecule has 1 aromatic rings.